The molecular formula is C19H14ClF4NO2. The number of carbonyl (C=O) groups is 1. The molecule has 1 aliphatic rings. The number of halogens is 5. The number of benzene rings is 2. The first-order chi connectivity index (χ1) is 12.7. The summed E-state index contributed by atoms with van der Waals surface area (Å²) in [6.07, 6.45) is -0.552. The van der Waals surface area contributed by atoms with Gasteiger partial charge in [-0.15, -0.1) is 0 Å². The summed E-state index contributed by atoms with van der Waals surface area (Å²) in [6.45, 7) is -0.186. The Morgan fingerprint density at radius 1 is 1.07 bits per heavy atom. The molecule has 8 heteroatoms. The zero-order chi connectivity index (χ0) is 19.7. The minimum atomic E-state index is -4.56. The maximum absolute atomic E-state index is 14.5. The lowest BCUT2D eigenvalue weighted by molar-refractivity contribution is -0.218. The predicted molar refractivity (Wildman–Crippen MR) is 91.7 cm³/mol. The average molecular weight is 400 g/mol. The molecule has 0 aliphatic carbocycles. The molecule has 2 aromatic rings. The summed E-state index contributed by atoms with van der Waals surface area (Å²) in [5.74, 6) is -8.99. The number of nitrogens with zero attached hydrogens (tertiary/aromatic N) is 1. The topological polar surface area (TPSA) is 29.5 Å². The van der Waals surface area contributed by atoms with Crippen molar-refractivity contribution in [1.29, 1.82) is 0 Å². The molecule has 3 rings (SSSR count). The van der Waals surface area contributed by atoms with Crippen molar-refractivity contribution < 1.29 is 27.1 Å². The molecule has 0 spiro atoms. The smallest absolute Gasteiger partial charge is 0.414 e. The highest BCUT2D eigenvalue weighted by Gasteiger charge is 2.64. The molecule has 142 valence electrons. The van der Waals surface area contributed by atoms with Crippen LogP contribution >= 0.6 is 11.6 Å². The van der Waals surface area contributed by atoms with Crippen LogP contribution in [0.5, 0.6) is 0 Å². The normalized spacial score (nSPS) is 20.3. The lowest BCUT2D eigenvalue weighted by Crippen LogP contribution is -2.54. The van der Waals surface area contributed by atoms with E-state index in [0.29, 0.717) is 16.7 Å². The number of alkyl halides is 4. The van der Waals surface area contributed by atoms with Gasteiger partial charge >= 0.3 is 17.9 Å². The summed E-state index contributed by atoms with van der Waals surface area (Å²) >= 11 is 5.81. The highest BCUT2D eigenvalue weighted by molar-refractivity contribution is 6.30. The fraction of sp³-hybridized carbons (Fsp3) is 0.211. The van der Waals surface area contributed by atoms with E-state index in [9.17, 15) is 22.4 Å². The number of hydrogen-bond acceptors (Lipinski definition) is 2. The summed E-state index contributed by atoms with van der Waals surface area (Å²) in [5, 5.41) is 0.0822. The monoisotopic (exact) mass is 399 g/mol. The highest BCUT2D eigenvalue weighted by atomic mass is 35.5. The molecule has 0 fully saturated rings. The molecular weight excluding hydrogens is 386 g/mol. The second-order valence-corrected chi connectivity index (χ2v) is 6.40. The fourth-order valence-corrected chi connectivity index (χ4v) is 2.93. The van der Waals surface area contributed by atoms with Gasteiger partial charge in [-0.05, 0) is 23.3 Å². The van der Waals surface area contributed by atoms with Gasteiger partial charge in [0, 0.05) is 17.3 Å². The van der Waals surface area contributed by atoms with E-state index in [0.717, 1.165) is 6.07 Å². The molecule has 0 radical (unpaired) electrons. The SMILES string of the molecule is O=C(OCc1ccccc1)N1C=CC(F)(F)C(F)(F)C1c1cccc(Cl)c1. The van der Waals surface area contributed by atoms with Gasteiger partial charge in [-0.2, -0.15) is 17.6 Å². The number of hydrogen-bond donors (Lipinski definition) is 0. The first-order valence-electron chi connectivity index (χ1n) is 7.92. The van der Waals surface area contributed by atoms with E-state index < -0.39 is 24.0 Å². The molecule has 0 bridgehead atoms. The third kappa shape index (κ3) is 3.78. The summed E-state index contributed by atoms with van der Waals surface area (Å²) in [6, 6.07) is 11.4. The van der Waals surface area contributed by atoms with Gasteiger partial charge in [-0.1, -0.05) is 54.1 Å². The fourth-order valence-electron chi connectivity index (χ4n) is 2.73. The van der Waals surface area contributed by atoms with Crippen LogP contribution in [0.15, 0.2) is 66.9 Å². The zero-order valence-electron chi connectivity index (χ0n) is 13.8. The van der Waals surface area contributed by atoms with Crippen molar-refractivity contribution in [1.82, 2.24) is 4.90 Å². The van der Waals surface area contributed by atoms with Gasteiger partial charge < -0.3 is 4.74 Å². The van der Waals surface area contributed by atoms with Crippen LogP contribution in [0.2, 0.25) is 5.02 Å². The van der Waals surface area contributed by atoms with Crippen LogP contribution in [0.4, 0.5) is 22.4 Å². The summed E-state index contributed by atoms with van der Waals surface area (Å²) < 4.78 is 61.8. The predicted octanol–water partition coefficient (Wildman–Crippen LogP) is 5.82. The van der Waals surface area contributed by atoms with Crippen LogP contribution in [0.25, 0.3) is 0 Å². The molecule has 0 aromatic heterocycles. The minimum absolute atomic E-state index is 0.00216. The molecule has 0 saturated carbocycles. The molecule has 0 saturated heterocycles. The molecule has 1 unspecified atom stereocenters. The lowest BCUT2D eigenvalue weighted by Gasteiger charge is -2.40. The average Bonchev–Trinajstić information content (AvgIpc) is 2.62. The van der Waals surface area contributed by atoms with Gasteiger partial charge in [0.25, 0.3) is 0 Å². The number of amides is 1. The van der Waals surface area contributed by atoms with Crippen molar-refractivity contribution in [3.63, 3.8) is 0 Å². The zero-order valence-corrected chi connectivity index (χ0v) is 14.5. The molecule has 1 heterocycles. The van der Waals surface area contributed by atoms with Gasteiger partial charge in [0.05, 0.1) is 0 Å². The Morgan fingerprint density at radius 2 is 1.78 bits per heavy atom. The van der Waals surface area contributed by atoms with Gasteiger partial charge in [0.2, 0.25) is 0 Å². The maximum atomic E-state index is 14.5. The molecule has 3 nitrogen and oxygen atoms in total. The Morgan fingerprint density at radius 3 is 2.44 bits per heavy atom. The van der Waals surface area contributed by atoms with Crippen molar-refractivity contribution in [2.24, 2.45) is 0 Å². The van der Waals surface area contributed by atoms with Crippen molar-refractivity contribution in [3.8, 4) is 0 Å². The van der Waals surface area contributed by atoms with E-state index in [2.05, 4.69) is 0 Å². The molecule has 2 aromatic carbocycles. The van der Waals surface area contributed by atoms with Crippen molar-refractivity contribution in [2.45, 2.75) is 24.5 Å². The van der Waals surface area contributed by atoms with Gasteiger partial charge in [-0.25, -0.2) is 4.79 Å². The lowest BCUT2D eigenvalue weighted by atomic mass is 9.92. The molecule has 27 heavy (non-hydrogen) atoms. The van der Waals surface area contributed by atoms with Crippen LogP contribution in [0, 0.1) is 0 Å². The number of rotatable bonds is 3. The van der Waals surface area contributed by atoms with Crippen LogP contribution in [-0.4, -0.2) is 22.8 Å². The molecule has 1 aliphatic heterocycles. The van der Waals surface area contributed by atoms with E-state index in [-0.39, 0.29) is 23.3 Å². The summed E-state index contributed by atoms with van der Waals surface area (Å²) in [7, 11) is 0. The van der Waals surface area contributed by atoms with Crippen LogP contribution < -0.4 is 0 Å². The van der Waals surface area contributed by atoms with E-state index in [4.69, 9.17) is 16.3 Å². The molecule has 1 atom stereocenters. The van der Waals surface area contributed by atoms with Crippen molar-refractivity contribution >= 4 is 17.7 Å². The van der Waals surface area contributed by atoms with Crippen LogP contribution in [0.1, 0.15) is 17.2 Å². The third-order valence-corrected chi connectivity index (χ3v) is 4.33. The van der Waals surface area contributed by atoms with Gasteiger partial charge in [-0.3, -0.25) is 4.90 Å². The number of ether oxygens (including phenoxy) is 1. The Balaban J connectivity index is 1.92. The maximum Gasteiger partial charge on any atom is 0.414 e. The number of allylic oxidation sites excluding steroid dienone is 1. The quantitative estimate of drug-likeness (QED) is 0.609. The highest BCUT2D eigenvalue weighted by Crippen LogP contribution is 2.50. The number of carbonyl (C=O) groups excluding carboxylic acids is 1. The standard InChI is InChI=1S/C19H14ClF4NO2/c20-15-8-4-7-14(11-15)16-19(23,24)18(21,22)9-10-25(16)17(26)27-12-13-5-2-1-3-6-13/h1-11,16H,12H2. The van der Waals surface area contributed by atoms with Gasteiger partial charge in [0.1, 0.15) is 12.6 Å². The van der Waals surface area contributed by atoms with Crippen molar-refractivity contribution in [2.75, 3.05) is 0 Å². The first kappa shape index (κ1) is 19.2. The second kappa shape index (κ2) is 7.23. The summed E-state index contributed by atoms with van der Waals surface area (Å²) in [4.78, 5) is 12.8. The van der Waals surface area contributed by atoms with Crippen LogP contribution in [0.3, 0.4) is 0 Å². The van der Waals surface area contributed by atoms with E-state index >= 15 is 0 Å². The largest absolute Gasteiger partial charge is 0.444 e. The first-order valence-corrected chi connectivity index (χ1v) is 8.29. The minimum Gasteiger partial charge on any atom is -0.444 e. The third-order valence-electron chi connectivity index (χ3n) is 4.09. The molecule has 1 amide bonds. The summed E-state index contributed by atoms with van der Waals surface area (Å²) in [5.41, 5.74) is 0.399. The Bertz CT molecular complexity index is 858. The Labute approximate surface area is 157 Å². The van der Waals surface area contributed by atoms with Gasteiger partial charge in [0.15, 0.2) is 0 Å². The Hall–Kier alpha value is -2.54. The second-order valence-electron chi connectivity index (χ2n) is 5.97. The van der Waals surface area contributed by atoms with Crippen LogP contribution in [-0.2, 0) is 11.3 Å². The molecule has 0 N–H and O–H groups in total. The van der Waals surface area contributed by atoms with E-state index in [1.165, 1.54) is 18.2 Å². The van der Waals surface area contributed by atoms with Crippen molar-refractivity contribution in [3.05, 3.63) is 83.0 Å². The van der Waals surface area contributed by atoms with E-state index in [1.54, 1.807) is 30.3 Å². The Kier molecular flexibility index (Phi) is 5.15. The van der Waals surface area contributed by atoms with E-state index in [1.807, 2.05) is 0 Å².